The lowest BCUT2D eigenvalue weighted by Crippen LogP contribution is -2.53. The number of rotatable bonds is 4. The Labute approximate surface area is 116 Å². The van der Waals surface area contributed by atoms with Crippen molar-refractivity contribution >= 4 is 5.91 Å². The number of nitrogens with zero attached hydrogens (tertiary/aromatic N) is 1. The van der Waals surface area contributed by atoms with Gasteiger partial charge in [-0.1, -0.05) is 6.42 Å². The Morgan fingerprint density at radius 1 is 1.32 bits per heavy atom. The van der Waals surface area contributed by atoms with Crippen molar-refractivity contribution in [2.75, 3.05) is 32.8 Å². The Morgan fingerprint density at radius 3 is 2.68 bits per heavy atom. The molecule has 0 aliphatic carbocycles. The third-order valence-electron chi connectivity index (χ3n) is 4.15. The van der Waals surface area contributed by atoms with E-state index in [2.05, 4.69) is 29.4 Å². The van der Waals surface area contributed by atoms with E-state index < -0.39 is 0 Å². The van der Waals surface area contributed by atoms with E-state index in [4.69, 9.17) is 4.74 Å². The lowest BCUT2D eigenvalue weighted by molar-refractivity contribution is -0.123. The Hall–Kier alpha value is -0.650. The molecule has 2 aliphatic heterocycles. The molecule has 2 heterocycles. The molecule has 0 radical (unpaired) electrons. The Bertz CT molecular complexity index is 282. The maximum atomic E-state index is 12.0. The van der Waals surface area contributed by atoms with Gasteiger partial charge >= 0.3 is 0 Å². The number of piperidine rings is 1. The fourth-order valence-electron chi connectivity index (χ4n) is 2.98. The number of carbonyl (C=O) groups excluding carboxylic acids is 1. The highest BCUT2D eigenvalue weighted by atomic mass is 16.5. The van der Waals surface area contributed by atoms with Gasteiger partial charge in [-0.25, -0.2) is 0 Å². The zero-order valence-electron chi connectivity index (χ0n) is 12.2. The second-order valence-corrected chi connectivity index (χ2v) is 5.77. The minimum Gasteiger partial charge on any atom is -0.378 e. The molecule has 2 rings (SSSR count). The van der Waals surface area contributed by atoms with Crippen LogP contribution in [0.25, 0.3) is 0 Å². The highest BCUT2D eigenvalue weighted by Gasteiger charge is 2.25. The topological polar surface area (TPSA) is 53.6 Å². The second-order valence-electron chi connectivity index (χ2n) is 5.77. The molecular formula is C14H27N3O2. The first-order chi connectivity index (χ1) is 9.18. The summed E-state index contributed by atoms with van der Waals surface area (Å²) in [6, 6.07) is 0.898. The van der Waals surface area contributed by atoms with Crippen LogP contribution in [0.15, 0.2) is 0 Å². The van der Waals surface area contributed by atoms with Gasteiger partial charge < -0.3 is 15.4 Å². The predicted molar refractivity (Wildman–Crippen MR) is 75.1 cm³/mol. The SMILES string of the molecule is CC1COCC(C)N1CCNC(=O)C1CCCCN1. The number of amides is 1. The maximum absolute atomic E-state index is 12.0. The summed E-state index contributed by atoms with van der Waals surface area (Å²) in [6.45, 7) is 8.55. The van der Waals surface area contributed by atoms with E-state index in [1.54, 1.807) is 0 Å². The number of morpholine rings is 1. The first kappa shape index (κ1) is 14.8. The van der Waals surface area contributed by atoms with Gasteiger partial charge in [0.1, 0.15) is 0 Å². The van der Waals surface area contributed by atoms with Gasteiger partial charge in [0.15, 0.2) is 0 Å². The summed E-state index contributed by atoms with van der Waals surface area (Å²) in [5.74, 6) is 0.160. The van der Waals surface area contributed by atoms with Crippen molar-refractivity contribution in [2.24, 2.45) is 0 Å². The average molecular weight is 269 g/mol. The summed E-state index contributed by atoms with van der Waals surface area (Å²) in [4.78, 5) is 14.4. The minimum atomic E-state index is 0.0216. The standard InChI is InChI=1S/C14H27N3O2/c1-11-9-19-10-12(2)17(11)8-7-16-14(18)13-5-3-4-6-15-13/h11-13,15H,3-10H2,1-2H3,(H,16,18). The maximum Gasteiger partial charge on any atom is 0.237 e. The van der Waals surface area contributed by atoms with Gasteiger partial charge in [0.25, 0.3) is 0 Å². The van der Waals surface area contributed by atoms with Gasteiger partial charge in [-0.05, 0) is 33.2 Å². The summed E-state index contributed by atoms with van der Waals surface area (Å²) >= 11 is 0. The molecule has 2 N–H and O–H groups in total. The number of hydrogen-bond acceptors (Lipinski definition) is 4. The monoisotopic (exact) mass is 269 g/mol. The lowest BCUT2D eigenvalue weighted by Gasteiger charge is -2.38. The molecule has 2 saturated heterocycles. The van der Waals surface area contributed by atoms with Crippen molar-refractivity contribution in [3.63, 3.8) is 0 Å². The molecular weight excluding hydrogens is 242 g/mol. The molecule has 2 fully saturated rings. The Kier molecular flexibility index (Phi) is 5.60. The third-order valence-corrected chi connectivity index (χ3v) is 4.15. The van der Waals surface area contributed by atoms with E-state index in [1.807, 2.05) is 0 Å². The van der Waals surface area contributed by atoms with Crippen LogP contribution in [0.4, 0.5) is 0 Å². The van der Waals surface area contributed by atoms with Gasteiger partial charge in [-0.3, -0.25) is 9.69 Å². The third kappa shape index (κ3) is 4.16. The second kappa shape index (κ2) is 7.22. The Morgan fingerprint density at radius 2 is 2.05 bits per heavy atom. The van der Waals surface area contributed by atoms with Crippen LogP contribution in [-0.2, 0) is 9.53 Å². The van der Waals surface area contributed by atoms with Crippen molar-refractivity contribution in [1.29, 1.82) is 0 Å². The highest BCUT2D eigenvalue weighted by Crippen LogP contribution is 2.12. The molecule has 5 heteroatoms. The van der Waals surface area contributed by atoms with E-state index in [9.17, 15) is 4.79 Å². The van der Waals surface area contributed by atoms with Crippen LogP contribution in [-0.4, -0.2) is 61.8 Å². The van der Waals surface area contributed by atoms with Crippen molar-refractivity contribution in [3.8, 4) is 0 Å². The summed E-state index contributed by atoms with van der Waals surface area (Å²) < 4.78 is 5.51. The smallest absolute Gasteiger partial charge is 0.237 e. The summed E-state index contributed by atoms with van der Waals surface area (Å²) in [5.41, 5.74) is 0. The minimum absolute atomic E-state index is 0.0216. The first-order valence-corrected chi connectivity index (χ1v) is 7.53. The normalized spacial score (nSPS) is 33.1. The lowest BCUT2D eigenvalue weighted by atomic mass is 10.0. The van der Waals surface area contributed by atoms with Crippen LogP contribution in [0.3, 0.4) is 0 Å². The molecule has 5 nitrogen and oxygen atoms in total. The van der Waals surface area contributed by atoms with E-state index in [-0.39, 0.29) is 11.9 Å². The molecule has 1 amide bonds. The van der Waals surface area contributed by atoms with Crippen LogP contribution in [0.1, 0.15) is 33.1 Å². The molecule has 110 valence electrons. The number of nitrogens with one attached hydrogen (secondary N) is 2. The highest BCUT2D eigenvalue weighted by molar-refractivity contribution is 5.81. The fraction of sp³-hybridized carbons (Fsp3) is 0.929. The quantitative estimate of drug-likeness (QED) is 0.773. The van der Waals surface area contributed by atoms with E-state index in [1.165, 1.54) is 6.42 Å². The van der Waals surface area contributed by atoms with E-state index >= 15 is 0 Å². The van der Waals surface area contributed by atoms with Crippen molar-refractivity contribution in [1.82, 2.24) is 15.5 Å². The molecule has 0 aromatic heterocycles. The largest absolute Gasteiger partial charge is 0.378 e. The molecule has 0 aromatic carbocycles. The van der Waals surface area contributed by atoms with Gasteiger partial charge in [0.05, 0.1) is 19.3 Å². The predicted octanol–water partition coefficient (Wildman–Crippen LogP) is 0.354. The van der Waals surface area contributed by atoms with E-state index in [0.29, 0.717) is 12.1 Å². The van der Waals surface area contributed by atoms with E-state index in [0.717, 1.165) is 45.7 Å². The zero-order chi connectivity index (χ0) is 13.7. The van der Waals surface area contributed by atoms with Crippen LogP contribution in [0, 0.1) is 0 Å². The molecule has 3 unspecified atom stereocenters. The van der Waals surface area contributed by atoms with Crippen molar-refractivity contribution in [3.05, 3.63) is 0 Å². The van der Waals surface area contributed by atoms with Gasteiger partial charge in [0.2, 0.25) is 5.91 Å². The number of hydrogen-bond donors (Lipinski definition) is 2. The fourth-order valence-corrected chi connectivity index (χ4v) is 2.98. The first-order valence-electron chi connectivity index (χ1n) is 7.53. The van der Waals surface area contributed by atoms with Crippen LogP contribution < -0.4 is 10.6 Å². The summed E-state index contributed by atoms with van der Waals surface area (Å²) in [7, 11) is 0. The molecule has 3 atom stereocenters. The number of ether oxygens (including phenoxy) is 1. The van der Waals surface area contributed by atoms with Crippen LogP contribution in [0.5, 0.6) is 0 Å². The van der Waals surface area contributed by atoms with Gasteiger partial charge in [-0.2, -0.15) is 0 Å². The average Bonchev–Trinajstić information content (AvgIpc) is 2.43. The molecule has 2 aliphatic rings. The molecule has 0 bridgehead atoms. The molecule has 0 spiro atoms. The molecule has 19 heavy (non-hydrogen) atoms. The van der Waals surface area contributed by atoms with Crippen LogP contribution >= 0.6 is 0 Å². The van der Waals surface area contributed by atoms with Gasteiger partial charge in [-0.15, -0.1) is 0 Å². The van der Waals surface area contributed by atoms with Crippen molar-refractivity contribution < 1.29 is 9.53 Å². The van der Waals surface area contributed by atoms with Gasteiger partial charge in [0, 0.05) is 25.2 Å². The number of carbonyl (C=O) groups is 1. The summed E-state index contributed by atoms with van der Waals surface area (Å²) in [6.07, 6.45) is 3.31. The Balaban J connectivity index is 1.68. The summed E-state index contributed by atoms with van der Waals surface area (Å²) in [5, 5.41) is 6.34. The molecule has 0 saturated carbocycles. The zero-order valence-corrected chi connectivity index (χ0v) is 12.2. The van der Waals surface area contributed by atoms with Crippen molar-refractivity contribution in [2.45, 2.75) is 51.2 Å². The van der Waals surface area contributed by atoms with Crippen LogP contribution in [0.2, 0.25) is 0 Å². The molecule has 0 aromatic rings.